The highest BCUT2D eigenvalue weighted by Gasteiger charge is 2.31. The zero-order valence-electron chi connectivity index (χ0n) is 13.8. The minimum atomic E-state index is -0.120. The van der Waals surface area contributed by atoms with Gasteiger partial charge in [-0.25, -0.2) is 9.78 Å². The minimum Gasteiger partial charge on any atom is -0.396 e. The summed E-state index contributed by atoms with van der Waals surface area (Å²) in [5, 5.41) is 15.1. The highest BCUT2D eigenvalue weighted by atomic mass is 32.1. The van der Waals surface area contributed by atoms with Crippen LogP contribution in [0.25, 0.3) is 0 Å². The van der Waals surface area contributed by atoms with E-state index in [1.165, 1.54) is 22.5 Å². The Morgan fingerprint density at radius 2 is 2.33 bits per heavy atom. The van der Waals surface area contributed by atoms with Crippen LogP contribution in [0.2, 0.25) is 0 Å². The van der Waals surface area contributed by atoms with E-state index in [0.717, 1.165) is 17.8 Å². The van der Waals surface area contributed by atoms with E-state index in [2.05, 4.69) is 22.4 Å². The summed E-state index contributed by atoms with van der Waals surface area (Å²) in [5.41, 5.74) is 2.55. The van der Waals surface area contributed by atoms with Gasteiger partial charge in [-0.15, -0.1) is 11.3 Å². The van der Waals surface area contributed by atoms with Gasteiger partial charge in [0.15, 0.2) is 0 Å². The average molecular weight is 345 g/mol. The number of urea groups is 1. The fraction of sp³-hybridized carbons (Fsp3) is 0.444. The lowest BCUT2D eigenvalue weighted by atomic mass is 10.1. The maximum absolute atomic E-state index is 12.9. The number of aromatic nitrogens is 1. The predicted octanol–water partition coefficient (Wildman–Crippen LogP) is 3.29. The Labute approximate surface area is 146 Å². The summed E-state index contributed by atoms with van der Waals surface area (Å²) in [5.74, 6) is 0. The number of carbonyl (C=O) groups excluding carboxylic acids is 1. The molecule has 1 heterocycles. The average Bonchev–Trinajstić information content (AvgIpc) is 3.25. The second-order valence-corrected chi connectivity index (χ2v) is 6.99. The molecule has 0 radical (unpaired) electrons. The number of hydrogen-bond donors (Lipinski definition) is 2. The molecule has 0 spiro atoms. The van der Waals surface area contributed by atoms with E-state index in [0.29, 0.717) is 13.0 Å². The van der Waals surface area contributed by atoms with Crippen LogP contribution >= 0.6 is 11.3 Å². The van der Waals surface area contributed by atoms with Crippen LogP contribution in [-0.2, 0) is 6.42 Å². The van der Waals surface area contributed by atoms with Gasteiger partial charge >= 0.3 is 6.03 Å². The number of rotatable bonds is 6. The molecule has 2 aromatic rings. The van der Waals surface area contributed by atoms with Crippen molar-refractivity contribution in [2.75, 3.05) is 13.2 Å². The molecule has 1 aliphatic rings. The fourth-order valence-electron chi connectivity index (χ4n) is 3.28. The van der Waals surface area contributed by atoms with Crippen molar-refractivity contribution in [2.45, 2.75) is 38.3 Å². The molecule has 1 aliphatic carbocycles. The molecule has 2 amide bonds. The van der Waals surface area contributed by atoms with E-state index in [1.54, 1.807) is 6.20 Å². The number of aryl methyl sites for hydroxylation is 1. The largest absolute Gasteiger partial charge is 0.396 e. The molecule has 0 aliphatic heterocycles. The smallest absolute Gasteiger partial charge is 0.318 e. The lowest BCUT2D eigenvalue weighted by molar-refractivity contribution is 0.162. The monoisotopic (exact) mass is 345 g/mol. The normalized spacial score (nSPS) is 17.3. The number of aliphatic hydroxyl groups is 1. The molecule has 1 aromatic carbocycles. The summed E-state index contributed by atoms with van der Waals surface area (Å²) in [4.78, 5) is 19.0. The molecule has 0 unspecified atom stereocenters. The molecule has 1 aromatic heterocycles. The molecular formula is C18H23N3O2S. The van der Waals surface area contributed by atoms with E-state index in [-0.39, 0.29) is 24.7 Å². The van der Waals surface area contributed by atoms with Crippen molar-refractivity contribution in [2.24, 2.45) is 0 Å². The van der Waals surface area contributed by atoms with E-state index in [1.807, 2.05) is 29.3 Å². The van der Waals surface area contributed by atoms with Crippen LogP contribution in [0.4, 0.5) is 4.79 Å². The number of hydrogen-bond acceptors (Lipinski definition) is 4. The molecule has 0 bridgehead atoms. The maximum Gasteiger partial charge on any atom is 0.318 e. The summed E-state index contributed by atoms with van der Waals surface area (Å²) >= 11 is 1.54. The van der Waals surface area contributed by atoms with Crippen molar-refractivity contribution < 1.29 is 9.90 Å². The summed E-state index contributed by atoms with van der Waals surface area (Å²) in [6.45, 7) is 2.58. The van der Waals surface area contributed by atoms with Gasteiger partial charge in [-0.1, -0.05) is 24.3 Å². The van der Waals surface area contributed by atoms with Gasteiger partial charge in [0, 0.05) is 24.7 Å². The van der Waals surface area contributed by atoms with Gasteiger partial charge in [-0.3, -0.25) is 0 Å². The second-order valence-electron chi connectivity index (χ2n) is 6.07. The zero-order valence-corrected chi connectivity index (χ0v) is 14.6. The molecule has 0 fully saturated rings. The first-order valence-corrected chi connectivity index (χ1v) is 9.24. The lowest BCUT2D eigenvalue weighted by Crippen LogP contribution is -2.43. The molecular weight excluding hydrogens is 322 g/mol. The number of carbonyl (C=O) groups is 1. The Hall–Kier alpha value is -1.92. The number of fused-ring (bicyclic) bond motifs is 1. The SMILES string of the molecule is C[C@H](NC(=O)N(CCCO)[C@H]1CCc2ccccc21)c1nccs1. The van der Waals surface area contributed by atoms with Gasteiger partial charge in [0.25, 0.3) is 0 Å². The predicted molar refractivity (Wildman–Crippen MR) is 95.0 cm³/mol. The zero-order chi connectivity index (χ0) is 16.9. The van der Waals surface area contributed by atoms with Crippen molar-refractivity contribution in [1.82, 2.24) is 15.2 Å². The first-order chi connectivity index (χ1) is 11.7. The molecule has 5 nitrogen and oxygen atoms in total. The molecule has 0 saturated heterocycles. The maximum atomic E-state index is 12.9. The molecule has 0 saturated carbocycles. The Balaban J connectivity index is 1.75. The summed E-state index contributed by atoms with van der Waals surface area (Å²) < 4.78 is 0. The van der Waals surface area contributed by atoms with Gasteiger partial charge < -0.3 is 15.3 Å². The molecule has 24 heavy (non-hydrogen) atoms. The van der Waals surface area contributed by atoms with Gasteiger partial charge in [0.05, 0.1) is 12.1 Å². The van der Waals surface area contributed by atoms with Crippen molar-refractivity contribution in [3.63, 3.8) is 0 Å². The van der Waals surface area contributed by atoms with Gasteiger partial charge in [-0.2, -0.15) is 0 Å². The summed E-state index contributed by atoms with van der Waals surface area (Å²) in [6, 6.07) is 8.18. The number of nitrogens with zero attached hydrogens (tertiary/aromatic N) is 2. The Kier molecular flexibility index (Phi) is 5.48. The number of amides is 2. The van der Waals surface area contributed by atoms with E-state index in [9.17, 15) is 9.90 Å². The number of thiazole rings is 1. The quantitative estimate of drug-likeness (QED) is 0.844. The first kappa shape index (κ1) is 16.9. The Morgan fingerprint density at radius 1 is 1.50 bits per heavy atom. The van der Waals surface area contributed by atoms with Crippen LogP contribution < -0.4 is 5.32 Å². The van der Waals surface area contributed by atoms with Crippen molar-refractivity contribution in [3.8, 4) is 0 Å². The standard InChI is InChI=1S/C18H23N3O2S/c1-13(17-19-9-12-24-17)20-18(23)21(10-4-11-22)16-8-7-14-5-2-3-6-15(14)16/h2-3,5-6,9,12-13,16,22H,4,7-8,10-11H2,1H3,(H,20,23)/t13-,16-/m0/s1. The summed E-state index contributed by atoms with van der Waals surface area (Å²) in [6.07, 6.45) is 4.26. The van der Waals surface area contributed by atoms with Gasteiger partial charge in [-0.05, 0) is 37.3 Å². The third-order valence-electron chi connectivity index (χ3n) is 4.46. The molecule has 2 N–H and O–H groups in total. The van der Waals surface area contributed by atoms with Crippen LogP contribution in [0, 0.1) is 0 Å². The minimum absolute atomic E-state index is 0.0799. The number of benzene rings is 1. The Morgan fingerprint density at radius 3 is 3.08 bits per heavy atom. The van der Waals surface area contributed by atoms with Crippen molar-refractivity contribution in [3.05, 3.63) is 52.0 Å². The summed E-state index contributed by atoms with van der Waals surface area (Å²) in [7, 11) is 0. The van der Waals surface area contributed by atoms with Crippen LogP contribution in [0.5, 0.6) is 0 Å². The topological polar surface area (TPSA) is 65.5 Å². The van der Waals surface area contributed by atoms with Crippen LogP contribution in [-0.4, -0.2) is 34.2 Å². The van der Waals surface area contributed by atoms with E-state index >= 15 is 0 Å². The second kappa shape index (κ2) is 7.77. The van der Waals surface area contributed by atoms with Gasteiger partial charge in [0.2, 0.25) is 0 Å². The van der Waals surface area contributed by atoms with E-state index < -0.39 is 0 Å². The van der Waals surface area contributed by atoms with Crippen LogP contribution in [0.1, 0.15) is 48.0 Å². The molecule has 2 atom stereocenters. The van der Waals surface area contributed by atoms with Crippen LogP contribution in [0.15, 0.2) is 35.8 Å². The first-order valence-electron chi connectivity index (χ1n) is 8.36. The third kappa shape index (κ3) is 3.60. The van der Waals surface area contributed by atoms with Crippen molar-refractivity contribution >= 4 is 17.4 Å². The molecule has 128 valence electrons. The Bertz CT molecular complexity index is 675. The highest BCUT2D eigenvalue weighted by Crippen LogP contribution is 2.35. The fourth-order valence-corrected chi connectivity index (χ4v) is 3.92. The number of aliphatic hydroxyl groups excluding tert-OH is 1. The van der Waals surface area contributed by atoms with Crippen molar-refractivity contribution in [1.29, 1.82) is 0 Å². The third-order valence-corrected chi connectivity index (χ3v) is 5.42. The lowest BCUT2D eigenvalue weighted by Gasteiger charge is -2.31. The number of nitrogens with one attached hydrogen (secondary N) is 1. The molecule has 6 heteroatoms. The van der Waals surface area contributed by atoms with Crippen LogP contribution in [0.3, 0.4) is 0 Å². The van der Waals surface area contributed by atoms with E-state index in [4.69, 9.17) is 0 Å². The van der Waals surface area contributed by atoms with Gasteiger partial charge in [0.1, 0.15) is 5.01 Å². The highest BCUT2D eigenvalue weighted by molar-refractivity contribution is 7.09. The molecule has 3 rings (SSSR count).